The van der Waals surface area contributed by atoms with Gasteiger partial charge in [-0.05, 0) is 51.5 Å². The average Bonchev–Trinajstić information content (AvgIpc) is 2.39. The van der Waals surface area contributed by atoms with Crippen molar-refractivity contribution in [1.29, 1.82) is 0 Å². The normalized spacial score (nSPS) is 9.58. The number of aryl methyl sites for hydroxylation is 1. The second-order valence-electron chi connectivity index (χ2n) is 4.15. The molecule has 0 saturated carbocycles. The van der Waals surface area contributed by atoms with Gasteiger partial charge >= 0.3 is 0 Å². The van der Waals surface area contributed by atoms with E-state index in [1.54, 1.807) is 13.2 Å². The highest BCUT2D eigenvalue weighted by Gasteiger charge is 2.03. The number of methoxy groups -OCH3 is 1. The standard InChI is InChI=1S/C12H16O3.C3H8O/c1-9(2)15-12-5-4-11(8-10(12)3)14-7-6-13;1-3-4-2/h4-6,8-9H,7H2,1-3H3;3H2,1-2H3. The quantitative estimate of drug-likeness (QED) is 0.744. The molecule has 4 heteroatoms. The van der Waals surface area contributed by atoms with Gasteiger partial charge in [0.05, 0.1) is 6.10 Å². The summed E-state index contributed by atoms with van der Waals surface area (Å²) in [6.45, 7) is 8.78. The van der Waals surface area contributed by atoms with Gasteiger partial charge in [0.25, 0.3) is 0 Å². The lowest BCUT2D eigenvalue weighted by atomic mass is 10.2. The zero-order valence-corrected chi connectivity index (χ0v) is 12.4. The Morgan fingerprint density at radius 2 is 1.95 bits per heavy atom. The predicted octanol–water partition coefficient (Wildman–Crippen LogP) is 3.01. The zero-order valence-electron chi connectivity index (χ0n) is 12.4. The fourth-order valence-corrected chi connectivity index (χ4v) is 1.23. The molecule has 0 amide bonds. The first kappa shape index (κ1) is 17.4. The van der Waals surface area contributed by atoms with Crippen molar-refractivity contribution in [2.45, 2.75) is 33.8 Å². The van der Waals surface area contributed by atoms with E-state index in [1.807, 2.05) is 39.8 Å². The smallest absolute Gasteiger partial charge is 0.157 e. The van der Waals surface area contributed by atoms with Gasteiger partial charge in [0.15, 0.2) is 6.29 Å². The number of ether oxygens (including phenoxy) is 3. The maximum atomic E-state index is 10.1. The lowest BCUT2D eigenvalue weighted by Gasteiger charge is -2.13. The van der Waals surface area contributed by atoms with E-state index in [4.69, 9.17) is 9.47 Å². The molecular weight excluding hydrogens is 244 g/mol. The van der Waals surface area contributed by atoms with Crippen LogP contribution in [0.1, 0.15) is 26.3 Å². The van der Waals surface area contributed by atoms with E-state index < -0.39 is 0 Å². The molecule has 0 radical (unpaired) electrons. The van der Waals surface area contributed by atoms with E-state index >= 15 is 0 Å². The van der Waals surface area contributed by atoms with Crippen LogP contribution >= 0.6 is 0 Å². The van der Waals surface area contributed by atoms with Crippen LogP contribution in [0, 0.1) is 6.92 Å². The summed E-state index contributed by atoms with van der Waals surface area (Å²) in [4.78, 5) is 10.1. The van der Waals surface area contributed by atoms with Crippen molar-refractivity contribution in [3.63, 3.8) is 0 Å². The van der Waals surface area contributed by atoms with Crippen LogP contribution in [0.4, 0.5) is 0 Å². The van der Waals surface area contributed by atoms with Crippen LogP contribution in [0.15, 0.2) is 18.2 Å². The van der Waals surface area contributed by atoms with Gasteiger partial charge in [-0.25, -0.2) is 0 Å². The minimum atomic E-state index is 0.0871. The molecule has 0 aliphatic rings. The Morgan fingerprint density at radius 1 is 1.32 bits per heavy atom. The molecule has 0 aliphatic carbocycles. The zero-order chi connectivity index (χ0) is 14.7. The second kappa shape index (κ2) is 10.4. The van der Waals surface area contributed by atoms with Crippen LogP contribution in [-0.2, 0) is 9.53 Å². The Hall–Kier alpha value is -1.55. The molecule has 0 heterocycles. The van der Waals surface area contributed by atoms with Crippen LogP contribution in [0.3, 0.4) is 0 Å². The fraction of sp³-hybridized carbons (Fsp3) is 0.533. The molecule has 1 aromatic rings. The number of carbonyl (C=O) groups is 1. The van der Waals surface area contributed by atoms with Crippen molar-refractivity contribution in [3.8, 4) is 11.5 Å². The van der Waals surface area contributed by atoms with Gasteiger partial charge in [-0.1, -0.05) is 0 Å². The molecule has 0 spiro atoms. The van der Waals surface area contributed by atoms with Crippen LogP contribution < -0.4 is 9.47 Å². The van der Waals surface area contributed by atoms with Gasteiger partial charge in [-0.3, -0.25) is 4.79 Å². The van der Waals surface area contributed by atoms with Crippen molar-refractivity contribution >= 4 is 6.29 Å². The van der Waals surface area contributed by atoms with Gasteiger partial charge in [0, 0.05) is 13.7 Å². The fourth-order valence-electron chi connectivity index (χ4n) is 1.23. The summed E-state index contributed by atoms with van der Waals surface area (Å²) in [5, 5.41) is 0. The van der Waals surface area contributed by atoms with Gasteiger partial charge in [0.2, 0.25) is 0 Å². The highest BCUT2D eigenvalue weighted by atomic mass is 16.5. The van der Waals surface area contributed by atoms with Crippen LogP contribution in [0.25, 0.3) is 0 Å². The number of hydrogen-bond acceptors (Lipinski definition) is 4. The van der Waals surface area contributed by atoms with Gasteiger partial charge in [0.1, 0.15) is 18.1 Å². The summed E-state index contributed by atoms with van der Waals surface area (Å²) in [5.41, 5.74) is 1.01. The lowest BCUT2D eigenvalue weighted by molar-refractivity contribution is -0.109. The topological polar surface area (TPSA) is 44.8 Å². The number of rotatable bonds is 6. The highest BCUT2D eigenvalue weighted by molar-refractivity contribution is 5.51. The SMILES string of the molecule is CCOC.Cc1cc(OCC=O)ccc1OC(C)C. The molecule has 19 heavy (non-hydrogen) atoms. The maximum Gasteiger partial charge on any atom is 0.157 e. The van der Waals surface area contributed by atoms with Crippen molar-refractivity contribution in [2.75, 3.05) is 20.3 Å². The molecular formula is C15H24O4. The van der Waals surface area contributed by atoms with E-state index in [0.29, 0.717) is 5.75 Å². The third-order valence-corrected chi connectivity index (χ3v) is 2.12. The Bertz CT molecular complexity index is 359. The van der Waals surface area contributed by atoms with Crippen molar-refractivity contribution in [2.24, 2.45) is 0 Å². The second-order valence-corrected chi connectivity index (χ2v) is 4.15. The largest absolute Gasteiger partial charge is 0.491 e. The maximum absolute atomic E-state index is 10.1. The molecule has 4 nitrogen and oxygen atoms in total. The minimum absolute atomic E-state index is 0.0871. The van der Waals surface area contributed by atoms with Crippen molar-refractivity contribution < 1.29 is 19.0 Å². The molecule has 0 unspecified atom stereocenters. The van der Waals surface area contributed by atoms with E-state index in [0.717, 1.165) is 24.2 Å². The summed E-state index contributed by atoms with van der Waals surface area (Å²) in [6, 6.07) is 5.52. The van der Waals surface area contributed by atoms with Crippen molar-refractivity contribution in [1.82, 2.24) is 0 Å². The Labute approximate surface area is 115 Å². The molecule has 0 aromatic heterocycles. The molecule has 0 N–H and O–H groups in total. The molecule has 0 aliphatic heterocycles. The molecule has 0 bridgehead atoms. The van der Waals surface area contributed by atoms with Crippen LogP contribution in [0.5, 0.6) is 11.5 Å². The number of aldehydes is 1. The summed E-state index contributed by atoms with van der Waals surface area (Å²) in [7, 11) is 1.68. The molecule has 0 saturated heterocycles. The van der Waals surface area contributed by atoms with E-state index in [9.17, 15) is 4.79 Å². The first-order valence-electron chi connectivity index (χ1n) is 6.37. The van der Waals surface area contributed by atoms with E-state index in [1.165, 1.54) is 0 Å². The van der Waals surface area contributed by atoms with Gasteiger partial charge in [-0.2, -0.15) is 0 Å². The Morgan fingerprint density at radius 3 is 2.37 bits per heavy atom. The van der Waals surface area contributed by atoms with Gasteiger partial charge in [-0.15, -0.1) is 0 Å². The molecule has 0 fully saturated rings. The number of hydrogen-bond donors (Lipinski definition) is 0. The number of carbonyl (C=O) groups excluding carboxylic acids is 1. The summed E-state index contributed by atoms with van der Waals surface area (Å²) < 4.78 is 15.3. The van der Waals surface area contributed by atoms with Crippen LogP contribution in [0.2, 0.25) is 0 Å². The monoisotopic (exact) mass is 268 g/mol. The Kier molecular flexibility index (Phi) is 9.53. The minimum Gasteiger partial charge on any atom is -0.491 e. The lowest BCUT2D eigenvalue weighted by Crippen LogP contribution is -2.06. The van der Waals surface area contributed by atoms with Crippen molar-refractivity contribution in [3.05, 3.63) is 23.8 Å². The first-order chi connectivity index (χ1) is 9.04. The highest BCUT2D eigenvalue weighted by Crippen LogP contribution is 2.24. The molecule has 1 aromatic carbocycles. The van der Waals surface area contributed by atoms with Crippen LogP contribution in [-0.4, -0.2) is 32.7 Å². The third-order valence-electron chi connectivity index (χ3n) is 2.12. The van der Waals surface area contributed by atoms with E-state index in [-0.39, 0.29) is 12.7 Å². The molecule has 1 rings (SSSR count). The summed E-state index contributed by atoms with van der Waals surface area (Å²) in [6.07, 6.45) is 0.888. The molecule has 108 valence electrons. The number of benzene rings is 1. The summed E-state index contributed by atoms with van der Waals surface area (Å²) >= 11 is 0. The van der Waals surface area contributed by atoms with Gasteiger partial charge < -0.3 is 14.2 Å². The predicted molar refractivity (Wildman–Crippen MR) is 76.1 cm³/mol. The average molecular weight is 268 g/mol. The first-order valence-corrected chi connectivity index (χ1v) is 6.37. The molecule has 0 atom stereocenters. The van der Waals surface area contributed by atoms with E-state index in [2.05, 4.69) is 4.74 Å². The Balaban J connectivity index is 0.000000711. The summed E-state index contributed by atoms with van der Waals surface area (Å²) in [5.74, 6) is 1.54. The third kappa shape index (κ3) is 8.21.